The van der Waals surface area contributed by atoms with Crippen molar-refractivity contribution in [1.29, 1.82) is 0 Å². The molecule has 1 aromatic heterocycles. The van der Waals surface area contributed by atoms with Gasteiger partial charge in [-0.05, 0) is 18.8 Å². The zero-order chi connectivity index (χ0) is 16.3. The van der Waals surface area contributed by atoms with E-state index in [1.165, 1.54) is 18.3 Å². The molecule has 2 rings (SSSR count). The van der Waals surface area contributed by atoms with Gasteiger partial charge in [0.25, 0.3) is 0 Å². The Morgan fingerprint density at radius 1 is 1.55 bits per heavy atom. The summed E-state index contributed by atoms with van der Waals surface area (Å²) in [6.45, 7) is 5.68. The van der Waals surface area contributed by atoms with E-state index in [9.17, 15) is 14.7 Å². The highest BCUT2D eigenvalue weighted by Crippen LogP contribution is 2.34. The lowest BCUT2D eigenvalue weighted by molar-refractivity contribution is -0.139. The predicted octanol–water partition coefficient (Wildman–Crippen LogP) is 1.59. The fourth-order valence-electron chi connectivity index (χ4n) is 3.16. The molecule has 1 unspecified atom stereocenters. The zero-order valence-electron chi connectivity index (χ0n) is 13.1. The number of aromatic nitrogens is 1. The van der Waals surface area contributed by atoms with E-state index in [1.807, 2.05) is 5.38 Å². The van der Waals surface area contributed by atoms with Gasteiger partial charge in [-0.25, -0.2) is 4.98 Å². The number of carboxylic acid groups (broad SMARTS) is 1. The van der Waals surface area contributed by atoms with Crippen molar-refractivity contribution in [2.24, 2.45) is 5.92 Å². The number of hydrogen-bond donors (Lipinski definition) is 3. The molecule has 0 radical (unpaired) electrons. The average molecular weight is 325 g/mol. The molecule has 0 spiro atoms. The molecule has 1 fully saturated rings. The van der Waals surface area contributed by atoms with Gasteiger partial charge < -0.3 is 10.4 Å². The van der Waals surface area contributed by atoms with E-state index in [2.05, 4.69) is 29.5 Å². The van der Waals surface area contributed by atoms with E-state index in [1.54, 1.807) is 5.51 Å². The van der Waals surface area contributed by atoms with E-state index in [0.29, 0.717) is 12.3 Å². The van der Waals surface area contributed by atoms with Crippen LogP contribution in [-0.4, -0.2) is 40.1 Å². The zero-order valence-corrected chi connectivity index (χ0v) is 13.9. The average Bonchev–Trinajstić information content (AvgIpc) is 3.06. The SMILES string of the molecule is CC(=O)NC(CC(C)C)[C@@H]1N[C@@H](C(=O)O)C[C@H]1c1cscn1. The summed E-state index contributed by atoms with van der Waals surface area (Å²) in [6, 6.07) is -0.817. The van der Waals surface area contributed by atoms with Crippen LogP contribution in [0.15, 0.2) is 10.9 Å². The van der Waals surface area contributed by atoms with Gasteiger partial charge in [-0.15, -0.1) is 11.3 Å². The Morgan fingerprint density at radius 2 is 2.27 bits per heavy atom. The molecule has 3 N–H and O–H groups in total. The number of aliphatic carboxylic acids is 1. The summed E-state index contributed by atoms with van der Waals surface area (Å²) in [7, 11) is 0. The third kappa shape index (κ3) is 4.04. The maximum atomic E-state index is 11.5. The Morgan fingerprint density at radius 3 is 2.77 bits per heavy atom. The highest BCUT2D eigenvalue weighted by Gasteiger charge is 2.43. The number of nitrogens with zero attached hydrogens (tertiary/aromatic N) is 1. The van der Waals surface area contributed by atoms with Crippen LogP contribution in [0.1, 0.15) is 45.2 Å². The summed E-state index contributed by atoms with van der Waals surface area (Å²) >= 11 is 1.50. The molecule has 1 aliphatic heterocycles. The Kier molecular flexibility index (Phi) is 5.52. The van der Waals surface area contributed by atoms with Gasteiger partial charge in [0, 0.05) is 30.3 Å². The van der Waals surface area contributed by atoms with Gasteiger partial charge in [-0.2, -0.15) is 0 Å². The molecule has 1 aliphatic rings. The predicted molar refractivity (Wildman–Crippen MR) is 84.9 cm³/mol. The molecule has 1 saturated heterocycles. The minimum absolute atomic E-state index is 0.00273. The van der Waals surface area contributed by atoms with Gasteiger partial charge in [-0.1, -0.05) is 13.8 Å². The number of amides is 1. The van der Waals surface area contributed by atoms with Crippen LogP contribution in [0.3, 0.4) is 0 Å². The summed E-state index contributed by atoms with van der Waals surface area (Å²) in [4.78, 5) is 27.2. The molecule has 122 valence electrons. The van der Waals surface area contributed by atoms with Crippen LogP contribution in [0.5, 0.6) is 0 Å². The van der Waals surface area contributed by atoms with Crippen molar-refractivity contribution < 1.29 is 14.7 Å². The van der Waals surface area contributed by atoms with Crippen molar-refractivity contribution >= 4 is 23.2 Å². The van der Waals surface area contributed by atoms with E-state index in [-0.39, 0.29) is 23.9 Å². The third-order valence-electron chi connectivity index (χ3n) is 3.99. The van der Waals surface area contributed by atoms with Gasteiger partial charge in [0.15, 0.2) is 0 Å². The Balaban J connectivity index is 2.25. The van der Waals surface area contributed by atoms with Crippen LogP contribution in [-0.2, 0) is 9.59 Å². The molecule has 2 heterocycles. The maximum Gasteiger partial charge on any atom is 0.320 e. The fourth-order valence-corrected chi connectivity index (χ4v) is 3.78. The van der Waals surface area contributed by atoms with Crippen molar-refractivity contribution in [2.45, 2.75) is 57.7 Å². The highest BCUT2D eigenvalue weighted by atomic mass is 32.1. The number of hydrogen-bond acceptors (Lipinski definition) is 5. The normalized spacial score (nSPS) is 26.1. The second-order valence-electron chi connectivity index (χ2n) is 6.28. The van der Waals surface area contributed by atoms with Crippen molar-refractivity contribution in [2.75, 3.05) is 0 Å². The first-order valence-corrected chi connectivity index (χ1v) is 8.46. The molecule has 1 amide bonds. The van der Waals surface area contributed by atoms with Crippen LogP contribution in [0.2, 0.25) is 0 Å². The molecule has 0 aliphatic carbocycles. The second kappa shape index (κ2) is 7.19. The molecule has 6 nitrogen and oxygen atoms in total. The fraction of sp³-hybridized carbons (Fsp3) is 0.667. The van der Waals surface area contributed by atoms with Crippen molar-refractivity contribution in [3.8, 4) is 0 Å². The van der Waals surface area contributed by atoms with Crippen molar-refractivity contribution in [1.82, 2.24) is 15.6 Å². The van der Waals surface area contributed by atoms with Gasteiger partial charge in [0.05, 0.1) is 11.2 Å². The molecule has 0 aromatic carbocycles. The van der Waals surface area contributed by atoms with Gasteiger partial charge in [-0.3, -0.25) is 14.9 Å². The lowest BCUT2D eigenvalue weighted by Crippen LogP contribution is -2.51. The Hall–Kier alpha value is -1.47. The largest absolute Gasteiger partial charge is 0.480 e. The molecule has 0 bridgehead atoms. The van der Waals surface area contributed by atoms with Gasteiger partial charge in [0.1, 0.15) is 6.04 Å². The van der Waals surface area contributed by atoms with E-state index >= 15 is 0 Å². The Labute approximate surface area is 134 Å². The standard InChI is InChI=1S/C15H23N3O3S/c1-8(2)4-11(17-9(3)19)14-10(13-6-22-7-16-13)5-12(18-14)15(20)21/h6-8,10-12,14,18H,4-5H2,1-3H3,(H,17,19)(H,20,21)/t10-,11?,12+,14+/m0/s1. The number of rotatable bonds is 6. The first kappa shape index (κ1) is 16.9. The molecular formula is C15H23N3O3S. The lowest BCUT2D eigenvalue weighted by atomic mass is 9.87. The third-order valence-corrected chi connectivity index (χ3v) is 4.60. The number of nitrogens with one attached hydrogen (secondary N) is 2. The second-order valence-corrected chi connectivity index (χ2v) is 6.99. The molecule has 4 atom stereocenters. The summed E-state index contributed by atoms with van der Waals surface area (Å²) < 4.78 is 0. The topological polar surface area (TPSA) is 91.3 Å². The molecule has 0 saturated carbocycles. The number of thiazole rings is 1. The maximum absolute atomic E-state index is 11.5. The molecule has 1 aromatic rings. The molecular weight excluding hydrogens is 302 g/mol. The first-order chi connectivity index (χ1) is 10.4. The number of carboxylic acids is 1. The van der Waals surface area contributed by atoms with E-state index < -0.39 is 12.0 Å². The summed E-state index contributed by atoms with van der Waals surface area (Å²) in [5.41, 5.74) is 2.67. The van der Waals surface area contributed by atoms with Gasteiger partial charge in [0.2, 0.25) is 5.91 Å². The minimum Gasteiger partial charge on any atom is -0.480 e. The van der Waals surface area contributed by atoms with E-state index in [0.717, 1.165) is 12.1 Å². The van der Waals surface area contributed by atoms with E-state index in [4.69, 9.17) is 0 Å². The number of carbonyl (C=O) groups is 2. The monoisotopic (exact) mass is 325 g/mol. The van der Waals surface area contributed by atoms with Crippen molar-refractivity contribution in [3.05, 3.63) is 16.6 Å². The molecule has 7 heteroatoms. The summed E-state index contributed by atoms with van der Waals surface area (Å²) in [6.07, 6.45) is 1.29. The smallest absolute Gasteiger partial charge is 0.320 e. The highest BCUT2D eigenvalue weighted by molar-refractivity contribution is 7.07. The van der Waals surface area contributed by atoms with Crippen molar-refractivity contribution in [3.63, 3.8) is 0 Å². The number of carbonyl (C=O) groups excluding carboxylic acids is 1. The quantitative estimate of drug-likeness (QED) is 0.739. The van der Waals surface area contributed by atoms with Gasteiger partial charge >= 0.3 is 5.97 Å². The summed E-state index contributed by atoms with van der Waals surface area (Å²) in [5, 5.41) is 17.5. The summed E-state index contributed by atoms with van der Waals surface area (Å²) in [5.74, 6) is -0.543. The van der Waals surface area contributed by atoms with Crippen LogP contribution in [0, 0.1) is 5.92 Å². The van der Waals surface area contributed by atoms with Crippen LogP contribution >= 0.6 is 11.3 Å². The van der Waals surface area contributed by atoms with Crippen LogP contribution < -0.4 is 10.6 Å². The lowest BCUT2D eigenvalue weighted by Gasteiger charge is -2.30. The Bertz CT molecular complexity index is 518. The van der Waals surface area contributed by atoms with Crippen LogP contribution in [0.4, 0.5) is 0 Å². The van der Waals surface area contributed by atoms with Crippen LogP contribution in [0.25, 0.3) is 0 Å². The molecule has 22 heavy (non-hydrogen) atoms. The minimum atomic E-state index is -0.853. The first-order valence-electron chi connectivity index (χ1n) is 7.52.